The molecule has 0 saturated heterocycles. The Labute approximate surface area is 67.6 Å². The van der Waals surface area contributed by atoms with Gasteiger partial charge in [-0.3, -0.25) is 0 Å². The van der Waals surface area contributed by atoms with E-state index in [4.69, 9.17) is 4.84 Å². The van der Waals surface area contributed by atoms with Crippen molar-refractivity contribution in [1.82, 2.24) is 5.06 Å². The van der Waals surface area contributed by atoms with Crippen LogP contribution in [0.1, 0.15) is 19.8 Å². The van der Waals surface area contributed by atoms with Crippen LogP contribution in [0.4, 0.5) is 0 Å². The highest BCUT2D eigenvalue weighted by Crippen LogP contribution is 1.92. The minimum atomic E-state index is -0.399. The minimum absolute atomic E-state index is 0.399. The summed E-state index contributed by atoms with van der Waals surface area (Å²) in [7, 11) is 1.73. The van der Waals surface area contributed by atoms with Crippen molar-refractivity contribution in [2.45, 2.75) is 19.8 Å². The summed E-state index contributed by atoms with van der Waals surface area (Å²) in [6, 6.07) is 0. The van der Waals surface area contributed by atoms with Gasteiger partial charge in [-0.25, -0.2) is 4.79 Å². The third-order valence-electron chi connectivity index (χ3n) is 1.24. The number of unbranched alkanes of at least 4 members (excludes halogenated alkanes) is 1. The summed E-state index contributed by atoms with van der Waals surface area (Å²) in [6.07, 6.45) is 3.28. The Morgan fingerprint density at radius 1 is 1.73 bits per heavy atom. The van der Waals surface area contributed by atoms with Crippen LogP contribution < -0.4 is 0 Å². The van der Waals surface area contributed by atoms with Gasteiger partial charge in [-0.2, -0.15) is 0 Å². The Bertz CT molecular complexity index is 134. The van der Waals surface area contributed by atoms with Crippen molar-refractivity contribution in [3.63, 3.8) is 0 Å². The van der Waals surface area contributed by atoms with Gasteiger partial charge in [-0.05, 0) is 6.42 Å². The van der Waals surface area contributed by atoms with E-state index in [0.29, 0.717) is 0 Å². The standard InChI is InChI=1S/C8H15NO2/c1-4-6-7-9(3)11-8(10)5-2/h5H,2,4,6-7H2,1,3H3. The molecule has 0 radical (unpaired) electrons. The van der Waals surface area contributed by atoms with E-state index in [1.54, 1.807) is 7.05 Å². The number of rotatable bonds is 5. The molecule has 0 unspecified atom stereocenters. The van der Waals surface area contributed by atoms with Crippen molar-refractivity contribution < 1.29 is 9.63 Å². The van der Waals surface area contributed by atoms with Crippen molar-refractivity contribution in [2.24, 2.45) is 0 Å². The first kappa shape index (κ1) is 10.2. The minimum Gasteiger partial charge on any atom is -0.365 e. The van der Waals surface area contributed by atoms with E-state index >= 15 is 0 Å². The number of hydrogen-bond acceptors (Lipinski definition) is 3. The zero-order valence-electron chi connectivity index (χ0n) is 7.17. The maximum atomic E-state index is 10.6. The zero-order chi connectivity index (χ0) is 8.69. The molecule has 0 atom stereocenters. The Kier molecular flexibility index (Phi) is 5.47. The molecule has 0 aliphatic rings. The van der Waals surface area contributed by atoms with Crippen molar-refractivity contribution in [2.75, 3.05) is 13.6 Å². The van der Waals surface area contributed by atoms with Gasteiger partial charge in [-0.1, -0.05) is 19.9 Å². The molecule has 0 spiro atoms. The SMILES string of the molecule is C=CC(=O)ON(C)CCCC. The highest BCUT2D eigenvalue weighted by Gasteiger charge is 2.01. The van der Waals surface area contributed by atoms with Crippen LogP contribution in [0.5, 0.6) is 0 Å². The molecular weight excluding hydrogens is 142 g/mol. The maximum Gasteiger partial charge on any atom is 0.349 e. The third-order valence-corrected chi connectivity index (χ3v) is 1.24. The third kappa shape index (κ3) is 5.61. The molecule has 11 heavy (non-hydrogen) atoms. The van der Waals surface area contributed by atoms with Gasteiger partial charge in [0.05, 0.1) is 0 Å². The summed E-state index contributed by atoms with van der Waals surface area (Å²) in [5.74, 6) is -0.399. The molecule has 64 valence electrons. The van der Waals surface area contributed by atoms with Gasteiger partial charge < -0.3 is 4.84 Å². The molecule has 0 aliphatic heterocycles. The molecule has 0 aromatic heterocycles. The lowest BCUT2D eigenvalue weighted by atomic mass is 10.3. The highest BCUT2D eigenvalue weighted by atomic mass is 16.7. The Balaban J connectivity index is 3.43. The fourth-order valence-corrected chi connectivity index (χ4v) is 0.617. The molecule has 0 rings (SSSR count). The van der Waals surface area contributed by atoms with Gasteiger partial charge in [0.2, 0.25) is 0 Å². The van der Waals surface area contributed by atoms with Crippen LogP contribution in [0.2, 0.25) is 0 Å². The predicted octanol–water partition coefficient (Wildman–Crippen LogP) is 1.36. The number of carbonyl (C=O) groups is 1. The molecule has 0 saturated carbocycles. The monoisotopic (exact) mass is 157 g/mol. The van der Waals surface area contributed by atoms with Gasteiger partial charge >= 0.3 is 5.97 Å². The molecule has 0 aromatic carbocycles. The quantitative estimate of drug-likeness (QED) is 0.446. The van der Waals surface area contributed by atoms with Crippen LogP contribution in [0.3, 0.4) is 0 Å². The molecule has 0 N–H and O–H groups in total. The van der Waals surface area contributed by atoms with Crippen LogP contribution in [0, 0.1) is 0 Å². The number of hydroxylamine groups is 2. The summed E-state index contributed by atoms with van der Waals surface area (Å²) >= 11 is 0. The molecule has 3 nitrogen and oxygen atoms in total. The lowest BCUT2D eigenvalue weighted by Crippen LogP contribution is -2.22. The first-order chi connectivity index (χ1) is 5.20. The van der Waals surface area contributed by atoms with Crippen LogP contribution in [0.15, 0.2) is 12.7 Å². The molecule has 0 bridgehead atoms. The number of hydrogen-bond donors (Lipinski definition) is 0. The molecule has 0 heterocycles. The largest absolute Gasteiger partial charge is 0.365 e. The first-order valence-corrected chi connectivity index (χ1v) is 3.76. The van der Waals surface area contributed by atoms with E-state index in [1.165, 1.54) is 5.06 Å². The van der Waals surface area contributed by atoms with Crippen molar-refractivity contribution in [1.29, 1.82) is 0 Å². The van der Waals surface area contributed by atoms with Gasteiger partial charge in [0.1, 0.15) is 0 Å². The van der Waals surface area contributed by atoms with Gasteiger partial charge in [0.15, 0.2) is 0 Å². The summed E-state index contributed by atoms with van der Waals surface area (Å²) in [5, 5.41) is 1.52. The lowest BCUT2D eigenvalue weighted by Gasteiger charge is -2.13. The Morgan fingerprint density at radius 2 is 2.36 bits per heavy atom. The molecule has 0 fully saturated rings. The van der Waals surface area contributed by atoms with Crippen LogP contribution in [-0.4, -0.2) is 24.6 Å². The summed E-state index contributed by atoms with van der Waals surface area (Å²) in [4.78, 5) is 15.4. The topological polar surface area (TPSA) is 29.5 Å². The second-order valence-electron chi connectivity index (χ2n) is 2.32. The van der Waals surface area contributed by atoms with Gasteiger partial charge in [0, 0.05) is 19.7 Å². The number of carbonyl (C=O) groups excluding carboxylic acids is 1. The number of nitrogens with zero attached hydrogens (tertiary/aromatic N) is 1. The normalized spacial score (nSPS) is 9.73. The second-order valence-corrected chi connectivity index (χ2v) is 2.32. The Hall–Kier alpha value is -0.830. The molecular formula is C8H15NO2. The van der Waals surface area contributed by atoms with Gasteiger partial charge in [0.25, 0.3) is 0 Å². The van der Waals surface area contributed by atoms with E-state index in [0.717, 1.165) is 25.5 Å². The van der Waals surface area contributed by atoms with Crippen molar-refractivity contribution in [3.05, 3.63) is 12.7 Å². The molecule has 3 heteroatoms. The zero-order valence-corrected chi connectivity index (χ0v) is 7.17. The predicted molar refractivity (Wildman–Crippen MR) is 43.8 cm³/mol. The maximum absolute atomic E-state index is 10.6. The summed E-state index contributed by atoms with van der Waals surface area (Å²) in [6.45, 7) is 6.15. The second kappa shape index (κ2) is 5.92. The summed E-state index contributed by atoms with van der Waals surface area (Å²) < 4.78 is 0. The van der Waals surface area contributed by atoms with Crippen LogP contribution in [0.25, 0.3) is 0 Å². The van der Waals surface area contributed by atoms with Crippen LogP contribution >= 0.6 is 0 Å². The van der Waals surface area contributed by atoms with E-state index in [2.05, 4.69) is 13.5 Å². The molecule has 0 amide bonds. The smallest absolute Gasteiger partial charge is 0.349 e. The average Bonchev–Trinajstić information content (AvgIpc) is 2.00. The average molecular weight is 157 g/mol. The molecule has 0 aromatic rings. The van der Waals surface area contributed by atoms with Crippen molar-refractivity contribution in [3.8, 4) is 0 Å². The first-order valence-electron chi connectivity index (χ1n) is 3.76. The van der Waals surface area contributed by atoms with E-state index < -0.39 is 5.97 Å². The lowest BCUT2D eigenvalue weighted by molar-refractivity contribution is -0.177. The fourth-order valence-electron chi connectivity index (χ4n) is 0.617. The summed E-state index contributed by atoms with van der Waals surface area (Å²) in [5.41, 5.74) is 0. The fraction of sp³-hybridized carbons (Fsp3) is 0.625. The van der Waals surface area contributed by atoms with E-state index in [9.17, 15) is 4.79 Å². The van der Waals surface area contributed by atoms with E-state index in [1.807, 2.05) is 0 Å². The van der Waals surface area contributed by atoms with E-state index in [-0.39, 0.29) is 0 Å². The van der Waals surface area contributed by atoms with Crippen molar-refractivity contribution >= 4 is 5.97 Å². The Morgan fingerprint density at radius 3 is 2.82 bits per heavy atom. The van der Waals surface area contributed by atoms with Crippen LogP contribution in [-0.2, 0) is 9.63 Å². The van der Waals surface area contributed by atoms with Gasteiger partial charge in [-0.15, -0.1) is 5.06 Å². The highest BCUT2D eigenvalue weighted by molar-refractivity contribution is 5.80. The molecule has 0 aliphatic carbocycles.